The van der Waals surface area contributed by atoms with Crippen molar-refractivity contribution in [2.24, 2.45) is 0 Å². The largest absolute Gasteiger partial charge is 0.495 e. The normalized spacial score (nSPS) is 14.6. The van der Waals surface area contributed by atoms with Crippen LogP contribution in [0.3, 0.4) is 0 Å². The molecule has 8 heteroatoms. The maximum Gasteiger partial charge on any atom is 0.295 e. The highest BCUT2D eigenvalue weighted by Gasteiger charge is 2.44. The smallest absolute Gasteiger partial charge is 0.295 e. The maximum absolute atomic E-state index is 13.8. The Hall–Kier alpha value is -3.97. The van der Waals surface area contributed by atoms with Crippen molar-refractivity contribution in [3.8, 4) is 17.2 Å². The molecule has 190 valence electrons. The Morgan fingerprint density at radius 1 is 0.946 bits per heavy atom. The van der Waals surface area contributed by atoms with Gasteiger partial charge in [-0.15, -0.1) is 0 Å². The monoisotopic (exact) mass is 519 g/mol. The third-order valence-corrected chi connectivity index (χ3v) is 6.75. The first-order valence-corrected chi connectivity index (χ1v) is 12.4. The molecule has 2 heterocycles. The van der Waals surface area contributed by atoms with Gasteiger partial charge in [-0.05, 0) is 54.4 Å². The summed E-state index contributed by atoms with van der Waals surface area (Å²) >= 11 is 6.42. The zero-order valence-electron chi connectivity index (χ0n) is 20.7. The van der Waals surface area contributed by atoms with Gasteiger partial charge >= 0.3 is 0 Å². The minimum atomic E-state index is -0.772. The van der Waals surface area contributed by atoms with E-state index in [4.69, 9.17) is 30.2 Å². The van der Waals surface area contributed by atoms with Gasteiger partial charge in [0.15, 0.2) is 16.9 Å². The molecular formula is C29H26ClNO6. The average molecular weight is 520 g/mol. The molecule has 0 saturated carbocycles. The molecule has 1 aliphatic rings. The number of anilines is 1. The van der Waals surface area contributed by atoms with E-state index in [0.717, 1.165) is 12.8 Å². The lowest BCUT2D eigenvalue weighted by Gasteiger charge is -2.26. The third-order valence-electron chi connectivity index (χ3n) is 6.45. The van der Waals surface area contributed by atoms with Crippen LogP contribution < -0.4 is 24.5 Å². The fraction of sp³-hybridized carbons (Fsp3) is 0.241. The first kappa shape index (κ1) is 24.7. The van der Waals surface area contributed by atoms with E-state index in [1.54, 1.807) is 61.7 Å². The second kappa shape index (κ2) is 10.2. The van der Waals surface area contributed by atoms with Crippen LogP contribution in [0.2, 0.25) is 5.02 Å². The number of hydrogen-bond acceptors (Lipinski definition) is 6. The molecular weight excluding hydrogens is 494 g/mol. The zero-order valence-corrected chi connectivity index (χ0v) is 21.5. The van der Waals surface area contributed by atoms with Gasteiger partial charge < -0.3 is 18.6 Å². The summed E-state index contributed by atoms with van der Waals surface area (Å²) in [6.45, 7) is 2.65. The van der Waals surface area contributed by atoms with E-state index in [9.17, 15) is 9.59 Å². The zero-order chi connectivity index (χ0) is 26.1. The topological polar surface area (TPSA) is 78.2 Å². The van der Waals surface area contributed by atoms with Crippen LogP contribution in [-0.2, 0) is 0 Å². The number of fused-ring (bicyclic) bond motifs is 2. The number of hydrogen-bond donors (Lipinski definition) is 0. The summed E-state index contributed by atoms with van der Waals surface area (Å²) < 4.78 is 22.8. The molecule has 0 N–H and O–H groups in total. The van der Waals surface area contributed by atoms with Gasteiger partial charge in [-0.3, -0.25) is 14.5 Å². The SMILES string of the molecule is CCCCOc1ccc(C2c3c(oc4ccccc4c3=O)C(=O)N2c2ccc(OC)c(Cl)c2)cc1OC. The second-order valence-corrected chi connectivity index (χ2v) is 9.09. The number of benzene rings is 3. The highest BCUT2D eigenvalue weighted by Crippen LogP contribution is 2.44. The summed E-state index contributed by atoms with van der Waals surface area (Å²) in [6.07, 6.45) is 1.92. The first-order chi connectivity index (χ1) is 18.0. The second-order valence-electron chi connectivity index (χ2n) is 8.68. The van der Waals surface area contributed by atoms with Crippen LogP contribution in [0.5, 0.6) is 17.2 Å². The van der Waals surface area contributed by atoms with Gasteiger partial charge in [-0.1, -0.05) is 43.1 Å². The Balaban J connectivity index is 1.71. The van der Waals surface area contributed by atoms with Crippen molar-refractivity contribution < 1.29 is 23.4 Å². The van der Waals surface area contributed by atoms with Gasteiger partial charge in [0, 0.05) is 5.69 Å². The van der Waals surface area contributed by atoms with Crippen LogP contribution in [0.15, 0.2) is 69.9 Å². The Morgan fingerprint density at radius 2 is 1.70 bits per heavy atom. The van der Waals surface area contributed by atoms with E-state index in [1.165, 1.54) is 12.0 Å². The fourth-order valence-electron chi connectivity index (χ4n) is 4.61. The number of nitrogens with zero attached hydrogens (tertiary/aromatic N) is 1. The number of carbonyl (C=O) groups excluding carboxylic acids is 1. The summed E-state index contributed by atoms with van der Waals surface area (Å²) in [5.41, 5.74) is 1.52. The Kier molecular flexibility index (Phi) is 6.80. The molecule has 0 fully saturated rings. The van der Waals surface area contributed by atoms with Gasteiger partial charge in [-0.2, -0.15) is 0 Å². The molecule has 37 heavy (non-hydrogen) atoms. The number of para-hydroxylation sites is 1. The quantitative estimate of drug-likeness (QED) is 0.251. The van der Waals surface area contributed by atoms with E-state index >= 15 is 0 Å². The van der Waals surface area contributed by atoms with E-state index in [-0.39, 0.29) is 16.8 Å². The molecule has 7 nitrogen and oxygen atoms in total. The molecule has 0 bridgehead atoms. The Bertz CT molecular complexity index is 1550. The third kappa shape index (κ3) is 4.29. The molecule has 0 saturated heterocycles. The van der Waals surface area contributed by atoms with Crippen molar-refractivity contribution in [2.45, 2.75) is 25.8 Å². The van der Waals surface area contributed by atoms with Crippen LogP contribution in [0.25, 0.3) is 11.0 Å². The van der Waals surface area contributed by atoms with Crippen LogP contribution >= 0.6 is 11.6 Å². The van der Waals surface area contributed by atoms with Crippen LogP contribution in [0.4, 0.5) is 5.69 Å². The Labute approximate surface area is 219 Å². The minimum Gasteiger partial charge on any atom is -0.495 e. The molecule has 3 aromatic carbocycles. The van der Waals surface area contributed by atoms with Crippen LogP contribution in [0.1, 0.15) is 47.5 Å². The summed E-state index contributed by atoms with van der Waals surface area (Å²) in [6, 6.07) is 16.6. The molecule has 1 amide bonds. The van der Waals surface area contributed by atoms with Crippen molar-refractivity contribution in [3.05, 3.63) is 92.8 Å². The molecule has 0 radical (unpaired) electrons. The molecule has 5 rings (SSSR count). The molecule has 1 unspecified atom stereocenters. The number of ether oxygens (including phenoxy) is 3. The summed E-state index contributed by atoms with van der Waals surface area (Å²) in [7, 11) is 3.08. The van der Waals surface area contributed by atoms with Crippen LogP contribution in [0, 0.1) is 0 Å². The molecule has 0 spiro atoms. The van der Waals surface area contributed by atoms with Crippen molar-refractivity contribution in [2.75, 3.05) is 25.7 Å². The fourth-order valence-corrected chi connectivity index (χ4v) is 4.86. The van der Waals surface area contributed by atoms with Crippen LogP contribution in [-0.4, -0.2) is 26.7 Å². The lowest BCUT2D eigenvalue weighted by Crippen LogP contribution is -2.29. The minimum absolute atomic E-state index is 0.00267. The van der Waals surface area contributed by atoms with Gasteiger partial charge in [0.1, 0.15) is 11.3 Å². The maximum atomic E-state index is 13.8. The van der Waals surface area contributed by atoms with Crippen molar-refractivity contribution in [3.63, 3.8) is 0 Å². The number of amides is 1. The summed E-state index contributed by atoms with van der Waals surface area (Å²) in [4.78, 5) is 29.1. The van der Waals surface area contributed by atoms with E-state index in [0.29, 0.717) is 51.1 Å². The predicted molar refractivity (Wildman–Crippen MR) is 143 cm³/mol. The molecule has 1 atom stereocenters. The average Bonchev–Trinajstić information content (AvgIpc) is 3.21. The molecule has 1 aromatic heterocycles. The summed E-state index contributed by atoms with van der Waals surface area (Å²) in [5.74, 6) is 1.14. The van der Waals surface area contributed by atoms with E-state index in [2.05, 4.69) is 6.92 Å². The van der Waals surface area contributed by atoms with Gasteiger partial charge in [-0.25, -0.2) is 0 Å². The first-order valence-electron chi connectivity index (χ1n) is 12.0. The predicted octanol–water partition coefficient (Wildman–Crippen LogP) is 6.39. The standard InChI is InChI=1S/C29H26ClNO6/c1-4-5-14-36-23-12-10-17(15-24(23)35-3)26-25-27(32)19-8-6-7-9-21(19)37-28(25)29(33)31(26)18-11-13-22(34-2)20(30)16-18/h6-13,15-16,26H,4-5,14H2,1-3H3. The summed E-state index contributed by atoms with van der Waals surface area (Å²) in [5, 5.41) is 0.740. The number of rotatable bonds is 8. The highest BCUT2D eigenvalue weighted by atomic mass is 35.5. The highest BCUT2D eigenvalue weighted by molar-refractivity contribution is 6.32. The van der Waals surface area contributed by atoms with Crippen molar-refractivity contribution >= 4 is 34.2 Å². The van der Waals surface area contributed by atoms with Gasteiger partial charge in [0.05, 0.1) is 42.8 Å². The van der Waals surface area contributed by atoms with E-state index in [1.807, 2.05) is 6.07 Å². The number of unbranched alkanes of at least 4 members (excludes halogenated alkanes) is 1. The van der Waals surface area contributed by atoms with Gasteiger partial charge in [0.2, 0.25) is 5.76 Å². The Morgan fingerprint density at radius 3 is 2.43 bits per heavy atom. The number of halogens is 1. The van der Waals surface area contributed by atoms with Gasteiger partial charge in [0.25, 0.3) is 5.91 Å². The molecule has 0 aliphatic carbocycles. The molecule has 1 aliphatic heterocycles. The number of methoxy groups -OCH3 is 2. The lowest BCUT2D eigenvalue weighted by molar-refractivity contribution is 0.0971. The molecule has 4 aromatic rings. The number of carbonyl (C=O) groups is 1. The van der Waals surface area contributed by atoms with E-state index < -0.39 is 11.9 Å². The van der Waals surface area contributed by atoms with Crippen molar-refractivity contribution in [1.82, 2.24) is 0 Å². The lowest BCUT2D eigenvalue weighted by atomic mass is 9.97. The van der Waals surface area contributed by atoms with Crippen molar-refractivity contribution in [1.29, 1.82) is 0 Å².